The first-order chi connectivity index (χ1) is 18.5. The van der Waals surface area contributed by atoms with Crippen molar-refractivity contribution in [1.29, 1.82) is 0 Å². The molecule has 0 saturated carbocycles. The number of ketones is 1. The highest BCUT2D eigenvalue weighted by Gasteiger charge is 2.43. The summed E-state index contributed by atoms with van der Waals surface area (Å²) in [6.45, 7) is 0.825. The van der Waals surface area contributed by atoms with Gasteiger partial charge < -0.3 is 15.4 Å². The number of hydrogen-bond donors (Lipinski definition) is 1. The van der Waals surface area contributed by atoms with Crippen LogP contribution in [0.2, 0.25) is 5.02 Å². The summed E-state index contributed by atoms with van der Waals surface area (Å²) in [5.41, 5.74) is 7.98. The minimum absolute atomic E-state index is 0.00118. The Bertz CT molecular complexity index is 1440. The van der Waals surface area contributed by atoms with Crippen LogP contribution < -0.4 is 10.5 Å². The largest absolute Gasteiger partial charge is 0.496 e. The van der Waals surface area contributed by atoms with Gasteiger partial charge in [0, 0.05) is 30.0 Å². The Morgan fingerprint density at radius 2 is 1.63 bits per heavy atom. The van der Waals surface area contributed by atoms with Crippen molar-refractivity contribution in [2.45, 2.75) is 18.3 Å². The highest BCUT2D eigenvalue weighted by molar-refractivity contribution is 6.30. The maximum absolute atomic E-state index is 13.7. The summed E-state index contributed by atoms with van der Waals surface area (Å²) < 4.78 is 7.45. The number of carbonyl (C=O) groups is 2. The summed E-state index contributed by atoms with van der Waals surface area (Å²) in [6.07, 6.45) is 2.77. The smallest absolute Gasteiger partial charge is 0.274 e. The molecule has 8 heteroatoms. The number of piperidine rings is 1. The third kappa shape index (κ3) is 4.71. The molecular formula is C30H29ClN4O3. The number of benzene rings is 3. The average Bonchev–Trinajstić information content (AvgIpc) is 3.42. The number of carbonyl (C=O) groups excluding carboxylic acids is 2. The van der Waals surface area contributed by atoms with E-state index in [9.17, 15) is 9.59 Å². The van der Waals surface area contributed by atoms with Crippen LogP contribution in [0, 0.1) is 0 Å². The number of hydrogen-bond acceptors (Lipinski definition) is 5. The predicted molar refractivity (Wildman–Crippen MR) is 148 cm³/mol. The molecule has 1 aromatic heterocycles. The third-order valence-corrected chi connectivity index (χ3v) is 7.58. The normalized spacial score (nSPS) is 14.8. The van der Waals surface area contributed by atoms with Crippen LogP contribution in [0.3, 0.4) is 0 Å². The molecule has 4 aromatic rings. The number of aromatic nitrogens is 2. The van der Waals surface area contributed by atoms with E-state index in [4.69, 9.17) is 27.1 Å². The highest BCUT2D eigenvalue weighted by Crippen LogP contribution is 2.37. The maximum Gasteiger partial charge on any atom is 0.274 e. The number of ether oxygens (including phenoxy) is 1. The number of amides is 1. The first-order valence-electron chi connectivity index (χ1n) is 12.5. The van der Waals surface area contributed by atoms with Crippen LogP contribution in [0.1, 0.15) is 28.9 Å². The van der Waals surface area contributed by atoms with Gasteiger partial charge in [0.05, 0.1) is 24.6 Å². The molecule has 1 aliphatic rings. The van der Waals surface area contributed by atoms with Crippen molar-refractivity contribution in [3.05, 3.63) is 101 Å². The lowest BCUT2D eigenvalue weighted by molar-refractivity contribution is -0.124. The monoisotopic (exact) mass is 528 g/mol. The Balaban J connectivity index is 1.48. The van der Waals surface area contributed by atoms with Gasteiger partial charge in [0.1, 0.15) is 17.3 Å². The lowest BCUT2D eigenvalue weighted by Gasteiger charge is -2.40. The van der Waals surface area contributed by atoms with E-state index in [0.717, 1.165) is 16.8 Å². The van der Waals surface area contributed by atoms with E-state index in [-0.39, 0.29) is 18.2 Å². The van der Waals surface area contributed by atoms with Gasteiger partial charge >= 0.3 is 0 Å². The molecule has 1 fully saturated rings. The lowest BCUT2D eigenvalue weighted by atomic mass is 9.69. The third-order valence-electron chi connectivity index (χ3n) is 7.33. The van der Waals surface area contributed by atoms with Crippen molar-refractivity contribution < 1.29 is 14.3 Å². The van der Waals surface area contributed by atoms with Crippen LogP contribution in [0.25, 0.3) is 17.1 Å². The first-order valence-corrected chi connectivity index (χ1v) is 12.9. The molecule has 5 rings (SSSR count). The summed E-state index contributed by atoms with van der Waals surface area (Å²) in [6, 6.07) is 24.7. The second-order valence-electron chi connectivity index (χ2n) is 9.36. The number of halogens is 1. The Hall–Kier alpha value is -3.94. The van der Waals surface area contributed by atoms with Crippen molar-refractivity contribution >= 4 is 23.3 Å². The molecule has 194 valence electrons. The van der Waals surface area contributed by atoms with E-state index >= 15 is 0 Å². The molecule has 1 amide bonds. The second-order valence-corrected chi connectivity index (χ2v) is 9.80. The van der Waals surface area contributed by atoms with Crippen LogP contribution in [-0.4, -0.2) is 52.9 Å². The number of rotatable bonds is 7. The summed E-state index contributed by atoms with van der Waals surface area (Å²) in [5, 5.41) is 0.617. The number of methoxy groups -OCH3 is 1. The predicted octanol–water partition coefficient (Wildman–Crippen LogP) is 4.90. The molecule has 38 heavy (non-hydrogen) atoms. The van der Waals surface area contributed by atoms with E-state index in [1.807, 2.05) is 71.3 Å². The van der Waals surface area contributed by atoms with Gasteiger partial charge in [-0.15, -0.1) is 0 Å². The molecule has 7 nitrogen and oxygen atoms in total. The zero-order valence-corrected chi connectivity index (χ0v) is 21.9. The van der Waals surface area contributed by atoms with Gasteiger partial charge in [0.2, 0.25) is 0 Å². The fourth-order valence-corrected chi connectivity index (χ4v) is 5.36. The van der Waals surface area contributed by atoms with Crippen molar-refractivity contribution in [2.24, 2.45) is 5.73 Å². The Labute approximate surface area is 226 Å². The molecule has 0 radical (unpaired) electrons. The second kappa shape index (κ2) is 10.8. The molecule has 0 spiro atoms. The topological polar surface area (TPSA) is 90.4 Å². The first kappa shape index (κ1) is 25.7. The van der Waals surface area contributed by atoms with Crippen LogP contribution >= 0.6 is 11.6 Å². The van der Waals surface area contributed by atoms with Gasteiger partial charge in [0.25, 0.3) is 5.91 Å². The molecule has 1 aliphatic heterocycles. The van der Waals surface area contributed by atoms with E-state index < -0.39 is 5.41 Å². The molecule has 2 N–H and O–H groups in total. The number of nitrogens with zero attached hydrogens (tertiary/aromatic N) is 3. The van der Waals surface area contributed by atoms with Gasteiger partial charge in [-0.1, -0.05) is 54.1 Å². The Kier molecular flexibility index (Phi) is 7.31. The molecule has 0 unspecified atom stereocenters. The lowest BCUT2D eigenvalue weighted by Crippen LogP contribution is -2.50. The number of nitrogens with two attached hydrogens (primary N) is 1. The minimum Gasteiger partial charge on any atom is -0.496 e. The van der Waals surface area contributed by atoms with Crippen molar-refractivity contribution in [3.63, 3.8) is 0 Å². The maximum atomic E-state index is 13.7. The van der Waals surface area contributed by atoms with Crippen LogP contribution in [0.5, 0.6) is 5.75 Å². The zero-order chi connectivity index (χ0) is 26.7. The van der Waals surface area contributed by atoms with Gasteiger partial charge in [-0.2, -0.15) is 0 Å². The average molecular weight is 529 g/mol. The number of Topliss-reactive ketones (excluding diaryl/α,β-unsaturated/α-hetero) is 1. The molecule has 0 aliphatic carbocycles. The molecular weight excluding hydrogens is 500 g/mol. The van der Waals surface area contributed by atoms with E-state index in [2.05, 4.69) is 0 Å². The van der Waals surface area contributed by atoms with Gasteiger partial charge in [0.15, 0.2) is 5.78 Å². The minimum atomic E-state index is -0.683. The number of para-hydroxylation sites is 1. The summed E-state index contributed by atoms with van der Waals surface area (Å²) >= 11 is 6.12. The van der Waals surface area contributed by atoms with Crippen LogP contribution in [0.4, 0.5) is 0 Å². The van der Waals surface area contributed by atoms with Crippen molar-refractivity contribution in [1.82, 2.24) is 14.5 Å². The van der Waals surface area contributed by atoms with E-state index in [1.54, 1.807) is 30.3 Å². The van der Waals surface area contributed by atoms with Gasteiger partial charge in [-0.05, 0) is 54.8 Å². The van der Waals surface area contributed by atoms with E-state index in [0.29, 0.717) is 48.2 Å². The summed E-state index contributed by atoms with van der Waals surface area (Å²) in [7, 11) is 1.61. The van der Waals surface area contributed by atoms with Gasteiger partial charge in [-0.25, -0.2) is 4.98 Å². The fourth-order valence-electron chi connectivity index (χ4n) is 5.24. The van der Waals surface area contributed by atoms with Crippen molar-refractivity contribution in [3.8, 4) is 22.8 Å². The van der Waals surface area contributed by atoms with Gasteiger partial charge in [-0.3, -0.25) is 14.2 Å². The standard InChI is InChI=1S/C30H29ClN4O3/c1-38-26-10-6-5-9-24(26)28-33-25(20-35(28)23-13-11-22(31)12-14-23)29(37)34-17-15-30(16-18-34,27(36)19-32)21-7-3-2-4-8-21/h2-14,20H,15-19,32H2,1H3. The highest BCUT2D eigenvalue weighted by atomic mass is 35.5. The van der Waals surface area contributed by atoms with E-state index in [1.165, 1.54) is 0 Å². The van der Waals surface area contributed by atoms with Crippen LogP contribution in [-0.2, 0) is 10.2 Å². The SMILES string of the molecule is COc1ccccc1-c1nc(C(=O)N2CCC(C(=O)CN)(c3ccccc3)CC2)cn1-c1ccc(Cl)cc1. The zero-order valence-electron chi connectivity index (χ0n) is 21.1. The molecule has 1 saturated heterocycles. The molecule has 3 aromatic carbocycles. The summed E-state index contributed by atoms with van der Waals surface area (Å²) in [5.74, 6) is 1.05. The summed E-state index contributed by atoms with van der Waals surface area (Å²) in [4.78, 5) is 33.3. The Morgan fingerprint density at radius 3 is 2.29 bits per heavy atom. The van der Waals surface area contributed by atoms with Crippen LogP contribution in [0.15, 0.2) is 85.1 Å². The molecule has 2 heterocycles. The molecule has 0 atom stereocenters. The van der Waals surface area contributed by atoms with Crippen molar-refractivity contribution in [2.75, 3.05) is 26.7 Å². The fraction of sp³-hybridized carbons (Fsp3) is 0.233. The Morgan fingerprint density at radius 1 is 0.974 bits per heavy atom. The number of likely N-dealkylation sites (tertiary alicyclic amines) is 1. The molecule has 0 bridgehead atoms. The quantitative estimate of drug-likeness (QED) is 0.368. The number of imidazole rings is 1.